The molecule has 6 aliphatic rings. The molecule has 1 heterocycles. The van der Waals surface area contributed by atoms with Crippen LogP contribution in [0.4, 0.5) is 4.39 Å². The number of halogens is 1. The summed E-state index contributed by atoms with van der Waals surface area (Å²) >= 11 is 0. The van der Waals surface area contributed by atoms with E-state index >= 15 is 0 Å². The third-order valence-electron chi connectivity index (χ3n) is 18.6. The average Bonchev–Trinajstić information content (AvgIpc) is 3.20. The molecule has 60 heavy (non-hydrogen) atoms. The van der Waals surface area contributed by atoms with Crippen LogP contribution in [0.3, 0.4) is 0 Å². The minimum atomic E-state index is -1.26. The first-order valence-electron chi connectivity index (χ1n) is 24.0. The van der Waals surface area contributed by atoms with Gasteiger partial charge in [0.15, 0.2) is 5.41 Å². The van der Waals surface area contributed by atoms with Gasteiger partial charge < -0.3 is 24.8 Å². The molecule has 0 amide bonds. The number of fused-ring (bicyclic) bond motifs is 5. The number of likely N-dealkylation sites (tertiary alicyclic amines) is 1. The smallest absolute Gasteiger partial charge is 0.323 e. The lowest BCUT2D eigenvalue weighted by molar-refractivity contribution is -0.214. The lowest BCUT2D eigenvalue weighted by Crippen LogP contribution is -2.64. The number of nitrogens with zero attached hydrogens (tertiary/aromatic N) is 1. The van der Waals surface area contributed by atoms with Crippen molar-refractivity contribution in [1.82, 2.24) is 10.2 Å². The van der Waals surface area contributed by atoms with Crippen LogP contribution in [0.1, 0.15) is 152 Å². The second kappa shape index (κ2) is 18.3. The van der Waals surface area contributed by atoms with E-state index in [-0.39, 0.29) is 41.3 Å². The normalized spacial score (nSPS) is 36.6. The van der Waals surface area contributed by atoms with Crippen LogP contribution < -0.4 is 5.32 Å². The highest BCUT2D eigenvalue weighted by Gasteiger charge is 2.67. The zero-order chi connectivity index (χ0) is 43.7. The van der Waals surface area contributed by atoms with Gasteiger partial charge in [0, 0.05) is 13.1 Å². The number of allylic oxidation sites excluding steroid dienone is 5. The van der Waals surface area contributed by atoms with E-state index in [0.717, 1.165) is 32.5 Å². The number of ether oxygens (including phenoxy) is 2. The fourth-order valence-corrected chi connectivity index (χ4v) is 15.0. The molecule has 0 spiro atoms. The summed E-state index contributed by atoms with van der Waals surface area (Å²) in [7, 11) is 0. The minimum absolute atomic E-state index is 0.0149. The lowest BCUT2D eigenvalue weighted by atomic mass is 9.33. The number of carbonyl (C=O) groups is 3. The summed E-state index contributed by atoms with van der Waals surface area (Å²) in [5.74, 6) is 1.24. The van der Waals surface area contributed by atoms with Crippen molar-refractivity contribution in [1.29, 1.82) is 0 Å². The van der Waals surface area contributed by atoms with E-state index in [2.05, 4.69) is 70.5 Å². The topological polar surface area (TPSA) is 105 Å². The Labute approximate surface area is 362 Å². The molecule has 8 nitrogen and oxygen atoms in total. The summed E-state index contributed by atoms with van der Waals surface area (Å²) < 4.78 is 24.6. The Morgan fingerprint density at radius 2 is 1.57 bits per heavy atom. The first-order valence-corrected chi connectivity index (χ1v) is 24.0. The van der Waals surface area contributed by atoms with E-state index in [4.69, 9.17) is 9.47 Å². The number of aliphatic carboxylic acids is 1. The number of carboxylic acid groups (broad SMARTS) is 1. The molecule has 2 N–H and O–H groups in total. The highest BCUT2D eigenvalue weighted by atomic mass is 19.1. The third-order valence-corrected chi connectivity index (χ3v) is 18.6. The van der Waals surface area contributed by atoms with Gasteiger partial charge in [-0.25, -0.2) is 4.39 Å². The molecule has 338 valence electrons. The van der Waals surface area contributed by atoms with Crippen LogP contribution >= 0.6 is 0 Å². The summed E-state index contributed by atoms with van der Waals surface area (Å²) in [5, 5.41) is 13.5. The second-order valence-corrected chi connectivity index (χ2v) is 21.6. The van der Waals surface area contributed by atoms with Crippen LogP contribution in [0.15, 0.2) is 35.5 Å². The first-order chi connectivity index (χ1) is 28.4. The number of carboxylic acids is 1. The highest BCUT2D eigenvalue weighted by molar-refractivity contribution is 6.00. The van der Waals surface area contributed by atoms with Crippen molar-refractivity contribution in [2.45, 2.75) is 152 Å². The molecular formula is C51H81FN2O6. The van der Waals surface area contributed by atoms with Gasteiger partial charge in [-0.2, -0.15) is 0 Å². The van der Waals surface area contributed by atoms with Gasteiger partial charge in [0.05, 0.1) is 18.6 Å². The molecule has 2 unspecified atom stereocenters. The molecule has 6 rings (SSSR count). The molecule has 0 aromatic heterocycles. The van der Waals surface area contributed by atoms with Crippen LogP contribution in [-0.4, -0.2) is 80.5 Å². The molecule has 9 atom stereocenters. The van der Waals surface area contributed by atoms with E-state index in [1.54, 1.807) is 13.8 Å². The molecule has 0 aromatic rings. The van der Waals surface area contributed by atoms with Crippen molar-refractivity contribution in [2.24, 2.45) is 62.1 Å². The van der Waals surface area contributed by atoms with Gasteiger partial charge in [-0.1, -0.05) is 65.3 Å². The highest BCUT2D eigenvalue weighted by Crippen LogP contribution is 2.75. The Morgan fingerprint density at radius 1 is 0.883 bits per heavy atom. The van der Waals surface area contributed by atoms with Crippen LogP contribution in [0, 0.1) is 62.1 Å². The maximum Gasteiger partial charge on any atom is 0.323 e. The summed E-state index contributed by atoms with van der Waals surface area (Å²) in [6.07, 6.45) is 19.2. The van der Waals surface area contributed by atoms with Crippen LogP contribution in [0.25, 0.3) is 0 Å². The van der Waals surface area contributed by atoms with E-state index in [9.17, 15) is 23.9 Å². The third kappa shape index (κ3) is 8.11. The van der Waals surface area contributed by atoms with Gasteiger partial charge in [0.1, 0.15) is 6.67 Å². The van der Waals surface area contributed by atoms with E-state index in [1.807, 2.05) is 0 Å². The molecule has 1 saturated heterocycles. The zero-order valence-corrected chi connectivity index (χ0v) is 38.8. The molecule has 1 aliphatic heterocycles. The number of nitrogens with one attached hydrogen (secondary N) is 1. The largest absolute Gasteiger partial charge is 0.481 e. The summed E-state index contributed by atoms with van der Waals surface area (Å²) in [4.78, 5) is 40.1. The summed E-state index contributed by atoms with van der Waals surface area (Å²) in [6, 6.07) is 0. The Morgan fingerprint density at radius 3 is 2.15 bits per heavy atom. The predicted octanol–water partition coefficient (Wildman–Crippen LogP) is 10.5. The summed E-state index contributed by atoms with van der Waals surface area (Å²) in [5.41, 5.74) is 2.34. The Kier molecular flexibility index (Phi) is 14.3. The lowest BCUT2D eigenvalue weighted by Gasteiger charge is -2.71. The molecular weight excluding hydrogens is 756 g/mol. The molecule has 4 fully saturated rings. The number of carbonyl (C=O) groups excluding carboxylic acids is 2. The van der Waals surface area contributed by atoms with Crippen molar-refractivity contribution < 1.29 is 33.4 Å². The number of piperidine rings is 1. The Balaban J connectivity index is 1.06. The zero-order valence-electron chi connectivity index (χ0n) is 38.8. The van der Waals surface area contributed by atoms with Crippen LogP contribution in [0.2, 0.25) is 0 Å². The predicted molar refractivity (Wildman–Crippen MR) is 237 cm³/mol. The Bertz CT molecular complexity index is 1640. The van der Waals surface area contributed by atoms with Gasteiger partial charge in [-0.15, -0.1) is 0 Å². The molecule has 0 aromatic carbocycles. The van der Waals surface area contributed by atoms with Crippen molar-refractivity contribution in [3.8, 4) is 0 Å². The van der Waals surface area contributed by atoms with E-state index in [0.29, 0.717) is 68.4 Å². The SMILES string of the molecule is C=C(C)C(CCCNCCN1CCC(C(=O)OCC)(C(=O)OCC)CC1)[C@H]1CCC[C@]2(C)[C@@H]1CCC1[C@@]3(C)CC=C(C4=CC[C@@](CF)(C(=O)O)CC4)C(C)(C)[C@@H]3CC[C@]12C. The van der Waals surface area contributed by atoms with Gasteiger partial charge in [0.25, 0.3) is 0 Å². The fraction of sp³-hybridized carbons (Fsp3) is 0.824. The minimum Gasteiger partial charge on any atom is -0.481 e. The van der Waals surface area contributed by atoms with E-state index in [1.165, 1.54) is 68.1 Å². The monoisotopic (exact) mass is 837 g/mol. The molecule has 9 heteroatoms. The number of rotatable bonds is 16. The van der Waals surface area contributed by atoms with Gasteiger partial charge >= 0.3 is 17.9 Å². The van der Waals surface area contributed by atoms with Crippen molar-refractivity contribution in [2.75, 3.05) is 52.6 Å². The maximum absolute atomic E-state index is 14.0. The van der Waals surface area contributed by atoms with Crippen molar-refractivity contribution in [3.63, 3.8) is 0 Å². The quantitative estimate of drug-likeness (QED) is 0.0685. The molecule has 0 radical (unpaired) electrons. The standard InChI is InChI=1S/C51H81FN2O6/c1-10-59-44(57)51(45(58)60-11-2)27-31-54(32-28-51)33-30-53-29-13-15-37(35(3)4)38-14-12-22-48(8)40(38)16-17-42-47(7)23-20-39(46(5,6)41(47)21-24-49(42,48)9)36-18-25-50(34-52,26-19-36)43(55)56/h18,20,37-38,40-42,53H,3,10-17,19,21-34H2,1-2,4-9H3,(H,55,56)/t37?,38-,40-,41+,42?,47+,48-,49-,50-/m1/s1. The maximum atomic E-state index is 14.0. The van der Waals surface area contributed by atoms with Gasteiger partial charge in [0.2, 0.25) is 0 Å². The molecule has 0 bridgehead atoms. The number of hydrogen-bond donors (Lipinski definition) is 2. The second-order valence-electron chi connectivity index (χ2n) is 21.6. The van der Waals surface area contributed by atoms with E-state index < -0.39 is 35.4 Å². The average molecular weight is 837 g/mol. The number of alkyl halides is 1. The molecule has 5 aliphatic carbocycles. The van der Waals surface area contributed by atoms with Crippen molar-refractivity contribution in [3.05, 3.63) is 35.5 Å². The van der Waals surface area contributed by atoms with Crippen molar-refractivity contribution >= 4 is 17.9 Å². The first kappa shape index (κ1) is 47.0. The fourth-order valence-electron chi connectivity index (χ4n) is 15.0. The van der Waals surface area contributed by atoms with Crippen LogP contribution in [0.5, 0.6) is 0 Å². The van der Waals surface area contributed by atoms with Gasteiger partial charge in [-0.3, -0.25) is 14.4 Å². The molecule has 3 saturated carbocycles. The Hall–Kier alpha value is -2.52. The number of hydrogen-bond acceptors (Lipinski definition) is 7. The number of esters is 2. The van der Waals surface area contributed by atoms with Crippen LogP contribution in [-0.2, 0) is 23.9 Å². The summed E-state index contributed by atoms with van der Waals surface area (Å²) in [6.45, 7) is 27.2. The van der Waals surface area contributed by atoms with Gasteiger partial charge in [-0.05, 0) is 193 Å².